The minimum absolute atomic E-state index is 0.111. The van der Waals surface area contributed by atoms with Gasteiger partial charge in [0.15, 0.2) is 0 Å². The minimum atomic E-state index is -3.88. The second kappa shape index (κ2) is 6.28. The van der Waals surface area contributed by atoms with E-state index < -0.39 is 10.4 Å². The third-order valence-corrected chi connectivity index (χ3v) is 6.73. The summed E-state index contributed by atoms with van der Waals surface area (Å²) in [4.78, 5) is 1.16. The van der Waals surface area contributed by atoms with Crippen molar-refractivity contribution in [1.82, 2.24) is 0 Å². The Balaban J connectivity index is 1.74. The van der Waals surface area contributed by atoms with Crippen LogP contribution in [0.25, 0.3) is 0 Å². The smallest absolute Gasteiger partial charge is 0.248 e. The molecule has 4 atom stereocenters. The van der Waals surface area contributed by atoms with Gasteiger partial charge in [-0.05, 0) is 50.2 Å². The molecule has 2 aliphatic carbocycles. The van der Waals surface area contributed by atoms with Crippen LogP contribution >= 0.6 is 11.8 Å². The molecule has 0 spiro atoms. The molecule has 1 aromatic carbocycles. The lowest BCUT2D eigenvalue weighted by Crippen LogP contribution is -2.35. The van der Waals surface area contributed by atoms with E-state index in [1.807, 2.05) is 18.2 Å². The maximum absolute atomic E-state index is 11.8. The molecule has 0 unspecified atom stereocenters. The predicted molar refractivity (Wildman–Crippen MR) is 82.3 cm³/mol. The molecule has 0 aliphatic heterocycles. The van der Waals surface area contributed by atoms with Crippen molar-refractivity contribution >= 4 is 22.2 Å². The van der Waals surface area contributed by atoms with Crippen molar-refractivity contribution < 1.29 is 16.8 Å². The minimum Gasteiger partial charge on any atom is -0.248 e. The van der Waals surface area contributed by atoms with Crippen LogP contribution in [0.3, 0.4) is 0 Å². The van der Waals surface area contributed by atoms with E-state index in [1.165, 1.54) is 6.42 Å². The van der Waals surface area contributed by atoms with Crippen molar-refractivity contribution in [2.24, 2.45) is 11.8 Å². The average molecular weight is 328 g/mol. The van der Waals surface area contributed by atoms with Gasteiger partial charge in [-0.2, -0.15) is 8.42 Å². The molecule has 3 rings (SSSR count). The summed E-state index contributed by atoms with van der Waals surface area (Å²) >= 11 is 1.74. The highest BCUT2D eigenvalue weighted by Crippen LogP contribution is 2.52. The van der Waals surface area contributed by atoms with Crippen LogP contribution in [-0.4, -0.2) is 26.4 Å². The number of benzene rings is 1. The summed E-state index contributed by atoms with van der Waals surface area (Å²) in [6.45, 7) is 1.76. The first-order valence-corrected chi connectivity index (χ1v) is 9.59. The fraction of sp³-hybridized carbons (Fsp3) is 0.600. The molecular formula is C15H20O4S2. The zero-order valence-corrected chi connectivity index (χ0v) is 13.6. The zero-order chi connectivity index (χ0) is 14.9. The first-order valence-electron chi connectivity index (χ1n) is 7.38. The SMILES string of the molecule is CCOS(=O)(=O)O[C@@H]1[C@@H]2CC[C@@H](C2)[C@H]1Sc1ccccc1. The van der Waals surface area contributed by atoms with Gasteiger partial charge in [0.2, 0.25) is 0 Å². The van der Waals surface area contributed by atoms with Crippen LogP contribution in [0.1, 0.15) is 26.2 Å². The lowest BCUT2D eigenvalue weighted by molar-refractivity contribution is 0.119. The largest absolute Gasteiger partial charge is 0.400 e. The van der Waals surface area contributed by atoms with Gasteiger partial charge in [-0.25, -0.2) is 8.37 Å². The summed E-state index contributed by atoms with van der Waals surface area (Å²) < 4.78 is 33.7. The molecule has 0 saturated heterocycles. The summed E-state index contributed by atoms with van der Waals surface area (Å²) in [5, 5.41) is 0.196. The van der Waals surface area contributed by atoms with Gasteiger partial charge in [0.1, 0.15) is 0 Å². The van der Waals surface area contributed by atoms with E-state index in [9.17, 15) is 8.42 Å². The lowest BCUT2D eigenvalue weighted by Gasteiger charge is -2.29. The highest BCUT2D eigenvalue weighted by molar-refractivity contribution is 8.00. The first kappa shape index (κ1) is 15.3. The summed E-state index contributed by atoms with van der Waals surface area (Å²) in [7, 11) is -3.88. The van der Waals surface area contributed by atoms with E-state index in [0.29, 0.717) is 11.8 Å². The molecule has 6 heteroatoms. The molecule has 2 aliphatic rings. The summed E-state index contributed by atoms with van der Waals surface area (Å²) in [6.07, 6.45) is 3.04. The molecule has 21 heavy (non-hydrogen) atoms. The van der Waals surface area contributed by atoms with E-state index in [-0.39, 0.29) is 18.0 Å². The van der Waals surface area contributed by atoms with Crippen LogP contribution in [0, 0.1) is 11.8 Å². The van der Waals surface area contributed by atoms with Gasteiger partial charge in [0, 0.05) is 10.1 Å². The topological polar surface area (TPSA) is 52.6 Å². The number of fused-ring (bicyclic) bond motifs is 2. The highest BCUT2D eigenvalue weighted by atomic mass is 32.3. The van der Waals surface area contributed by atoms with Gasteiger partial charge in [-0.15, -0.1) is 11.8 Å². The Morgan fingerprint density at radius 3 is 2.62 bits per heavy atom. The van der Waals surface area contributed by atoms with Crippen molar-refractivity contribution in [1.29, 1.82) is 0 Å². The second-order valence-corrected chi connectivity index (χ2v) is 8.10. The molecule has 0 heterocycles. The molecule has 0 amide bonds. The number of thioether (sulfide) groups is 1. The summed E-state index contributed by atoms with van der Waals surface area (Å²) in [6, 6.07) is 10.1. The second-order valence-electron chi connectivity index (χ2n) is 5.60. The van der Waals surface area contributed by atoms with Crippen molar-refractivity contribution in [3.8, 4) is 0 Å². The van der Waals surface area contributed by atoms with Crippen LogP contribution in [0.2, 0.25) is 0 Å². The van der Waals surface area contributed by atoms with Crippen molar-refractivity contribution in [3.63, 3.8) is 0 Å². The molecule has 0 radical (unpaired) electrons. The standard InChI is InChI=1S/C15H20O4S2/c1-2-18-21(16,17)19-14-11-8-9-12(10-11)15(14)20-13-6-4-3-5-7-13/h3-7,11-12,14-15H,2,8-10H2,1H3/t11-,12+,14-,15-/m1/s1. The predicted octanol–water partition coefficient (Wildman–Crippen LogP) is 3.24. The summed E-state index contributed by atoms with van der Waals surface area (Å²) in [5.74, 6) is 0.883. The van der Waals surface area contributed by atoms with Gasteiger partial charge in [-0.3, -0.25) is 0 Å². The fourth-order valence-corrected chi connectivity index (χ4v) is 5.89. The van der Waals surface area contributed by atoms with E-state index >= 15 is 0 Å². The molecule has 116 valence electrons. The van der Waals surface area contributed by atoms with Gasteiger partial charge < -0.3 is 0 Å². The van der Waals surface area contributed by atoms with E-state index in [1.54, 1.807) is 18.7 Å². The molecule has 4 nitrogen and oxygen atoms in total. The average Bonchev–Trinajstić information content (AvgIpc) is 3.03. The van der Waals surface area contributed by atoms with Crippen molar-refractivity contribution in [2.75, 3.05) is 6.61 Å². The first-order chi connectivity index (χ1) is 10.1. The van der Waals surface area contributed by atoms with Crippen LogP contribution in [0.15, 0.2) is 35.2 Å². The molecule has 0 aromatic heterocycles. The molecule has 0 N–H and O–H groups in total. The molecule has 2 fully saturated rings. The maximum atomic E-state index is 11.8. The van der Waals surface area contributed by atoms with Crippen LogP contribution in [0.4, 0.5) is 0 Å². The van der Waals surface area contributed by atoms with E-state index in [2.05, 4.69) is 12.1 Å². The Hall–Kier alpha value is -0.560. The van der Waals surface area contributed by atoms with Gasteiger partial charge >= 0.3 is 10.4 Å². The number of hydrogen-bond acceptors (Lipinski definition) is 5. The number of hydrogen-bond donors (Lipinski definition) is 0. The zero-order valence-electron chi connectivity index (χ0n) is 12.0. The third kappa shape index (κ3) is 3.44. The quantitative estimate of drug-likeness (QED) is 0.802. The van der Waals surface area contributed by atoms with Gasteiger partial charge in [0.25, 0.3) is 0 Å². The molecule has 2 bridgehead atoms. The van der Waals surface area contributed by atoms with Crippen molar-refractivity contribution in [2.45, 2.75) is 42.4 Å². The number of rotatable bonds is 6. The Morgan fingerprint density at radius 2 is 1.90 bits per heavy atom. The monoisotopic (exact) mass is 328 g/mol. The normalized spacial score (nSPS) is 31.7. The summed E-state index contributed by atoms with van der Waals surface area (Å²) in [5.41, 5.74) is 0. The molecule has 1 aromatic rings. The highest BCUT2D eigenvalue weighted by Gasteiger charge is 2.50. The maximum Gasteiger partial charge on any atom is 0.400 e. The van der Waals surface area contributed by atoms with Crippen LogP contribution in [0.5, 0.6) is 0 Å². The van der Waals surface area contributed by atoms with E-state index in [4.69, 9.17) is 8.37 Å². The Labute approximate surface area is 130 Å². The Morgan fingerprint density at radius 1 is 1.19 bits per heavy atom. The van der Waals surface area contributed by atoms with Crippen LogP contribution < -0.4 is 0 Å². The third-order valence-electron chi connectivity index (χ3n) is 4.27. The van der Waals surface area contributed by atoms with Gasteiger partial charge in [-0.1, -0.05) is 18.2 Å². The van der Waals surface area contributed by atoms with Crippen LogP contribution in [-0.2, 0) is 18.8 Å². The Bertz CT molecular complexity index is 573. The lowest BCUT2D eigenvalue weighted by atomic mass is 9.97. The molecule has 2 saturated carbocycles. The fourth-order valence-electron chi connectivity index (χ4n) is 3.45. The van der Waals surface area contributed by atoms with E-state index in [0.717, 1.165) is 17.7 Å². The van der Waals surface area contributed by atoms with Crippen molar-refractivity contribution in [3.05, 3.63) is 30.3 Å². The molecular weight excluding hydrogens is 308 g/mol. The Kier molecular flexibility index (Phi) is 4.59. The van der Waals surface area contributed by atoms with Gasteiger partial charge in [0.05, 0.1) is 12.7 Å².